The minimum Gasteiger partial charge on any atom is -0.466 e. The van der Waals surface area contributed by atoms with Gasteiger partial charge in [0.15, 0.2) is 0 Å². The SMILES string of the molecule is CCCCCCCCC/C=C\CCCCCCCCCC(=O)OCCCCCCCCCCCCC(=O)NC(CO)C(O)/C=C/CCCCCCCCCCCCCCCC. The lowest BCUT2D eigenvalue weighted by atomic mass is 10.0. The lowest BCUT2D eigenvalue weighted by molar-refractivity contribution is -0.143. The van der Waals surface area contributed by atoms with Gasteiger partial charge in [-0.2, -0.15) is 0 Å². The van der Waals surface area contributed by atoms with Crippen LogP contribution in [0.2, 0.25) is 0 Å². The number of hydrogen-bond donors (Lipinski definition) is 3. The fourth-order valence-corrected chi connectivity index (χ4v) is 8.27. The van der Waals surface area contributed by atoms with E-state index in [4.69, 9.17) is 4.74 Å². The zero-order chi connectivity index (χ0) is 44.4. The first kappa shape index (κ1) is 59.3. The molecule has 2 atom stereocenters. The molecule has 2 unspecified atom stereocenters. The van der Waals surface area contributed by atoms with Gasteiger partial charge in [0.25, 0.3) is 0 Å². The zero-order valence-corrected chi connectivity index (χ0v) is 40.9. The van der Waals surface area contributed by atoms with Crippen molar-refractivity contribution in [1.82, 2.24) is 5.32 Å². The molecular formula is C55H105NO5. The van der Waals surface area contributed by atoms with E-state index < -0.39 is 12.1 Å². The lowest BCUT2D eigenvalue weighted by Crippen LogP contribution is -2.45. The van der Waals surface area contributed by atoms with Gasteiger partial charge < -0.3 is 20.3 Å². The molecule has 0 radical (unpaired) electrons. The van der Waals surface area contributed by atoms with Gasteiger partial charge in [-0.15, -0.1) is 0 Å². The second kappa shape index (κ2) is 51.0. The number of amides is 1. The van der Waals surface area contributed by atoms with Crippen molar-refractivity contribution in [2.75, 3.05) is 13.2 Å². The number of carbonyl (C=O) groups excluding carboxylic acids is 2. The summed E-state index contributed by atoms with van der Waals surface area (Å²) in [6.07, 6.45) is 60.4. The highest BCUT2D eigenvalue weighted by molar-refractivity contribution is 5.76. The average molecular weight is 860 g/mol. The van der Waals surface area contributed by atoms with E-state index in [-0.39, 0.29) is 18.5 Å². The Balaban J connectivity index is 3.50. The highest BCUT2D eigenvalue weighted by atomic mass is 16.5. The van der Waals surface area contributed by atoms with Gasteiger partial charge in [-0.25, -0.2) is 0 Å². The number of esters is 1. The standard InChI is InChI=1S/C55H105NO5/c1-3-5-7-9-11-13-15-17-19-21-22-24-26-28-33-37-41-45-49-55(60)61-50-46-42-38-34-30-29-32-36-40-44-48-54(59)56-52(51-57)53(58)47-43-39-35-31-27-25-23-20-18-16-14-12-10-8-6-4-2/h19,21,43,47,52-53,57-58H,3-18,20,22-42,44-46,48-51H2,1-2H3,(H,56,59)/b21-19-,47-43+. The van der Waals surface area contributed by atoms with Crippen LogP contribution >= 0.6 is 0 Å². The van der Waals surface area contributed by atoms with Gasteiger partial charge in [-0.05, 0) is 57.8 Å². The first-order valence-electron chi connectivity index (χ1n) is 27.1. The van der Waals surface area contributed by atoms with E-state index in [1.807, 2.05) is 6.08 Å². The van der Waals surface area contributed by atoms with Crippen LogP contribution < -0.4 is 5.32 Å². The Bertz CT molecular complexity index is 951. The topological polar surface area (TPSA) is 95.9 Å². The van der Waals surface area contributed by atoms with Crippen molar-refractivity contribution in [2.24, 2.45) is 0 Å². The summed E-state index contributed by atoms with van der Waals surface area (Å²) in [7, 11) is 0. The van der Waals surface area contributed by atoms with E-state index in [1.54, 1.807) is 6.08 Å². The van der Waals surface area contributed by atoms with E-state index in [0.717, 1.165) is 57.8 Å². The molecule has 0 saturated carbocycles. The third-order valence-corrected chi connectivity index (χ3v) is 12.5. The largest absolute Gasteiger partial charge is 0.466 e. The molecule has 360 valence electrons. The van der Waals surface area contributed by atoms with Gasteiger partial charge in [0, 0.05) is 12.8 Å². The van der Waals surface area contributed by atoms with Crippen molar-refractivity contribution in [3.05, 3.63) is 24.3 Å². The first-order valence-corrected chi connectivity index (χ1v) is 27.1. The fourth-order valence-electron chi connectivity index (χ4n) is 8.27. The van der Waals surface area contributed by atoms with Crippen molar-refractivity contribution in [3.8, 4) is 0 Å². The quantitative estimate of drug-likeness (QED) is 0.0322. The predicted molar refractivity (Wildman–Crippen MR) is 264 cm³/mol. The summed E-state index contributed by atoms with van der Waals surface area (Å²) in [5, 5.41) is 23.1. The summed E-state index contributed by atoms with van der Waals surface area (Å²) in [5.74, 6) is -0.113. The average Bonchev–Trinajstić information content (AvgIpc) is 3.26. The molecule has 0 aliphatic rings. The molecule has 0 bridgehead atoms. The molecule has 0 spiro atoms. The van der Waals surface area contributed by atoms with Gasteiger partial charge in [0.05, 0.1) is 25.4 Å². The molecule has 0 rings (SSSR count). The molecular weight excluding hydrogens is 755 g/mol. The molecule has 0 aromatic carbocycles. The molecule has 6 nitrogen and oxygen atoms in total. The van der Waals surface area contributed by atoms with Gasteiger partial charge in [-0.1, -0.05) is 244 Å². The Morgan fingerprint density at radius 2 is 0.770 bits per heavy atom. The summed E-state index contributed by atoms with van der Waals surface area (Å²) in [6, 6.07) is -0.644. The van der Waals surface area contributed by atoms with Crippen molar-refractivity contribution < 1.29 is 24.5 Å². The molecule has 0 heterocycles. The van der Waals surface area contributed by atoms with Crippen molar-refractivity contribution >= 4 is 11.9 Å². The fraction of sp³-hybridized carbons (Fsp3) is 0.891. The molecule has 0 aromatic heterocycles. The van der Waals surface area contributed by atoms with Crippen LogP contribution in [0.5, 0.6) is 0 Å². The maximum atomic E-state index is 12.4. The number of aliphatic hydroxyl groups is 2. The predicted octanol–water partition coefficient (Wildman–Crippen LogP) is 16.3. The Morgan fingerprint density at radius 1 is 0.443 bits per heavy atom. The van der Waals surface area contributed by atoms with Gasteiger partial charge >= 0.3 is 5.97 Å². The summed E-state index contributed by atoms with van der Waals surface area (Å²) >= 11 is 0. The molecule has 3 N–H and O–H groups in total. The maximum Gasteiger partial charge on any atom is 0.305 e. The van der Waals surface area contributed by atoms with E-state index in [9.17, 15) is 19.8 Å². The van der Waals surface area contributed by atoms with Crippen LogP contribution in [0.4, 0.5) is 0 Å². The number of allylic oxidation sites excluding steroid dienone is 3. The van der Waals surface area contributed by atoms with Crippen LogP contribution in [0.25, 0.3) is 0 Å². The Labute approximate surface area is 380 Å². The zero-order valence-electron chi connectivity index (χ0n) is 40.9. The molecule has 6 heteroatoms. The highest BCUT2D eigenvalue weighted by Gasteiger charge is 2.18. The number of ether oxygens (including phenoxy) is 1. The summed E-state index contributed by atoms with van der Waals surface area (Å²) in [6.45, 7) is 4.85. The molecule has 0 fully saturated rings. The van der Waals surface area contributed by atoms with Crippen LogP contribution in [0, 0.1) is 0 Å². The lowest BCUT2D eigenvalue weighted by Gasteiger charge is -2.20. The smallest absolute Gasteiger partial charge is 0.305 e. The van der Waals surface area contributed by atoms with Crippen molar-refractivity contribution in [1.29, 1.82) is 0 Å². The van der Waals surface area contributed by atoms with E-state index in [0.29, 0.717) is 19.4 Å². The van der Waals surface area contributed by atoms with E-state index in [2.05, 4.69) is 31.3 Å². The number of aliphatic hydroxyl groups excluding tert-OH is 2. The Morgan fingerprint density at radius 3 is 1.16 bits per heavy atom. The Kier molecular flexibility index (Phi) is 49.6. The molecule has 0 aliphatic carbocycles. The molecule has 0 aliphatic heterocycles. The molecule has 0 saturated heterocycles. The maximum absolute atomic E-state index is 12.4. The summed E-state index contributed by atoms with van der Waals surface area (Å²) in [4.78, 5) is 24.5. The van der Waals surface area contributed by atoms with Gasteiger partial charge in [-0.3, -0.25) is 9.59 Å². The normalized spacial score (nSPS) is 12.8. The number of carbonyl (C=O) groups is 2. The van der Waals surface area contributed by atoms with Crippen molar-refractivity contribution in [3.63, 3.8) is 0 Å². The van der Waals surface area contributed by atoms with E-state index in [1.165, 1.54) is 205 Å². The number of rotatable bonds is 50. The minimum absolute atomic E-state index is 0.0236. The molecule has 1 amide bonds. The third-order valence-electron chi connectivity index (χ3n) is 12.5. The van der Waals surface area contributed by atoms with E-state index >= 15 is 0 Å². The number of hydrogen-bond acceptors (Lipinski definition) is 5. The molecule has 61 heavy (non-hydrogen) atoms. The van der Waals surface area contributed by atoms with Crippen LogP contribution in [0.3, 0.4) is 0 Å². The van der Waals surface area contributed by atoms with Crippen LogP contribution in [0.1, 0.15) is 290 Å². The minimum atomic E-state index is -0.859. The number of nitrogens with one attached hydrogen (secondary N) is 1. The first-order chi connectivity index (χ1) is 30.0. The Hall–Kier alpha value is -1.66. The van der Waals surface area contributed by atoms with Crippen molar-refractivity contribution in [2.45, 2.75) is 302 Å². The summed E-state index contributed by atoms with van der Waals surface area (Å²) in [5.41, 5.74) is 0. The summed E-state index contributed by atoms with van der Waals surface area (Å²) < 4.78 is 5.47. The number of unbranched alkanes of at least 4 members (excludes halogenated alkanes) is 37. The highest BCUT2D eigenvalue weighted by Crippen LogP contribution is 2.16. The monoisotopic (exact) mass is 860 g/mol. The van der Waals surface area contributed by atoms with Crippen LogP contribution in [-0.4, -0.2) is 47.4 Å². The van der Waals surface area contributed by atoms with Gasteiger partial charge in [0.2, 0.25) is 5.91 Å². The second-order valence-corrected chi connectivity index (χ2v) is 18.6. The molecule has 0 aromatic rings. The van der Waals surface area contributed by atoms with Gasteiger partial charge in [0.1, 0.15) is 0 Å². The second-order valence-electron chi connectivity index (χ2n) is 18.6. The van der Waals surface area contributed by atoms with Crippen LogP contribution in [0.15, 0.2) is 24.3 Å². The van der Waals surface area contributed by atoms with Crippen LogP contribution in [-0.2, 0) is 14.3 Å². The third kappa shape index (κ3) is 47.7.